The maximum absolute atomic E-state index is 13.3. The van der Waals surface area contributed by atoms with E-state index in [0.29, 0.717) is 5.56 Å². The predicted octanol–water partition coefficient (Wildman–Crippen LogP) is 3.57. The van der Waals surface area contributed by atoms with E-state index < -0.39 is 17.7 Å². The van der Waals surface area contributed by atoms with Gasteiger partial charge in [-0.1, -0.05) is 36.4 Å². The molecule has 0 aliphatic rings. The fourth-order valence-corrected chi connectivity index (χ4v) is 2.36. The molecule has 2 aromatic rings. The van der Waals surface area contributed by atoms with E-state index in [0.717, 1.165) is 17.7 Å². The number of carbonyl (C=O) groups is 1. The van der Waals surface area contributed by atoms with Crippen molar-refractivity contribution in [3.05, 3.63) is 71.3 Å². The van der Waals surface area contributed by atoms with Gasteiger partial charge >= 0.3 is 0 Å². The van der Waals surface area contributed by atoms with Crippen LogP contribution in [0.25, 0.3) is 0 Å². The van der Waals surface area contributed by atoms with Gasteiger partial charge in [0.25, 0.3) is 0 Å². The van der Waals surface area contributed by atoms with E-state index in [1.807, 2.05) is 30.3 Å². The highest BCUT2D eigenvalue weighted by Gasteiger charge is 2.21. The van der Waals surface area contributed by atoms with Crippen molar-refractivity contribution in [2.75, 3.05) is 7.05 Å². The molecule has 0 radical (unpaired) electrons. The van der Waals surface area contributed by atoms with Gasteiger partial charge in [0.15, 0.2) is 11.6 Å². The van der Waals surface area contributed by atoms with Gasteiger partial charge in [-0.15, -0.1) is 0 Å². The summed E-state index contributed by atoms with van der Waals surface area (Å²) in [5, 5.41) is 0. The van der Waals surface area contributed by atoms with Crippen LogP contribution in [0.5, 0.6) is 0 Å². The van der Waals surface area contributed by atoms with Crippen LogP contribution in [0.4, 0.5) is 8.78 Å². The van der Waals surface area contributed by atoms with E-state index in [2.05, 4.69) is 0 Å². The van der Waals surface area contributed by atoms with Crippen molar-refractivity contribution in [3.63, 3.8) is 0 Å². The van der Waals surface area contributed by atoms with Crippen LogP contribution in [0.3, 0.4) is 0 Å². The Kier molecular flexibility index (Phi) is 5.45. The van der Waals surface area contributed by atoms with Gasteiger partial charge in [-0.25, -0.2) is 8.78 Å². The lowest BCUT2D eigenvalue weighted by molar-refractivity contribution is -0.132. The highest BCUT2D eigenvalue weighted by atomic mass is 19.2. The van der Waals surface area contributed by atoms with Crippen molar-refractivity contribution in [1.29, 1.82) is 0 Å². The number of hydrogen-bond donors (Lipinski definition) is 1. The predicted molar refractivity (Wildman–Crippen MR) is 85.5 cm³/mol. The van der Waals surface area contributed by atoms with Crippen LogP contribution in [0, 0.1) is 11.6 Å². The van der Waals surface area contributed by atoms with Crippen LogP contribution >= 0.6 is 0 Å². The summed E-state index contributed by atoms with van der Waals surface area (Å²) in [6.07, 6.45) is 0.147. The van der Waals surface area contributed by atoms with Gasteiger partial charge in [-0.2, -0.15) is 0 Å². The molecule has 2 unspecified atom stereocenters. The molecule has 1 amide bonds. The number of nitrogens with zero attached hydrogens (tertiary/aromatic N) is 1. The van der Waals surface area contributed by atoms with Crippen molar-refractivity contribution in [3.8, 4) is 0 Å². The molecule has 0 aliphatic carbocycles. The number of amides is 1. The van der Waals surface area contributed by atoms with E-state index >= 15 is 0 Å². The van der Waals surface area contributed by atoms with Crippen LogP contribution in [0.1, 0.15) is 36.6 Å². The molecule has 2 atom stereocenters. The quantitative estimate of drug-likeness (QED) is 0.916. The van der Waals surface area contributed by atoms with Crippen molar-refractivity contribution >= 4 is 5.91 Å². The largest absolute Gasteiger partial charge is 0.339 e. The van der Waals surface area contributed by atoms with Crippen molar-refractivity contribution in [2.45, 2.75) is 25.4 Å². The number of hydrogen-bond acceptors (Lipinski definition) is 2. The van der Waals surface area contributed by atoms with E-state index in [-0.39, 0.29) is 18.4 Å². The lowest BCUT2D eigenvalue weighted by Gasteiger charge is -2.26. The molecule has 2 aromatic carbocycles. The highest BCUT2D eigenvalue weighted by molar-refractivity contribution is 5.77. The second kappa shape index (κ2) is 7.33. The van der Waals surface area contributed by atoms with Crippen molar-refractivity contribution in [2.24, 2.45) is 5.73 Å². The fraction of sp³-hybridized carbons (Fsp3) is 0.278. The molecular weight excluding hydrogens is 298 g/mol. The first-order valence-corrected chi connectivity index (χ1v) is 7.41. The Labute approximate surface area is 134 Å². The maximum Gasteiger partial charge on any atom is 0.224 e. The SMILES string of the molecule is CC(c1ccc(F)c(F)c1)N(C)C(=O)CC(N)c1ccccc1. The molecular formula is C18H20F2N2O. The molecule has 23 heavy (non-hydrogen) atoms. The summed E-state index contributed by atoms with van der Waals surface area (Å²) in [6.45, 7) is 1.76. The average molecular weight is 318 g/mol. The molecule has 0 aliphatic heterocycles. The molecule has 122 valence electrons. The zero-order valence-electron chi connectivity index (χ0n) is 13.2. The third-order valence-corrected chi connectivity index (χ3v) is 4.02. The Balaban J connectivity index is 2.05. The molecule has 0 fully saturated rings. The Hall–Kier alpha value is -2.27. The van der Waals surface area contributed by atoms with Crippen molar-refractivity contribution in [1.82, 2.24) is 4.90 Å². The second-order valence-corrected chi connectivity index (χ2v) is 5.58. The van der Waals surface area contributed by atoms with Gasteiger partial charge in [-0.3, -0.25) is 4.79 Å². The minimum Gasteiger partial charge on any atom is -0.339 e. The zero-order valence-corrected chi connectivity index (χ0v) is 13.2. The molecule has 5 heteroatoms. The van der Waals surface area contributed by atoms with Crippen LogP contribution in [-0.4, -0.2) is 17.9 Å². The summed E-state index contributed by atoms with van der Waals surface area (Å²) >= 11 is 0. The number of carbonyl (C=O) groups excluding carboxylic acids is 1. The molecule has 0 aromatic heterocycles. The summed E-state index contributed by atoms with van der Waals surface area (Å²) in [4.78, 5) is 13.9. The number of halogens is 2. The standard InChI is InChI=1S/C18H20F2N2O/c1-12(14-8-9-15(19)16(20)10-14)22(2)18(23)11-17(21)13-6-4-3-5-7-13/h3-10,12,17H,11,21H2,1-2H3. The highest BCUT2D eigenvalue weighted by Crippen LogP contribution is 2.23. The molecule has 3 nitrogen and oxygen atoms in total. The second-order valence-electron chi connectivity index (χ2n) is 5.58. The Morgan fingerprint density at radius 2 is 1.74 bits per heavy atom. The van der Waals surface area contributed by atoms with Crippen LogP contribution < -0.4 is 5.73 Å². The first-order valence-electron chi connectivity index (χ1n) is 7.41. The third-order valence-electron chi connectivity index (χ3n) is 4.02. The van der Waals surface area contributed by atoms with Gasteiger partial charge in [0.05, 0.1) is 6.04 Å². The molecule has 2 N–H and O–H groups in total. The molecule has 2 rings (SSSR count). The maximum atomic E-state index is 13.3. The fourth-order valence-electron chi connectivity index (χ4n) is 2.36. The van der Waals surface area contributed by atoms with Crippen LogP contribution in [0.2, 0.25) is 0 Å². The van der Waals surface area contributed by atoms with Gasteiger partial charge < -0.3 is 10.6 Å². The van der Waals surface area contributed by atoms with Crippen molar-refractivity contribution < 1.29 is 13.6 Å². The van der Waals surface area contributed by atoms with Gasteiger partial charge in [0, 0.05) is 19.5 Å². The topological polar surface area (TPSA) is 46.3 Å². The zero-order chi connectivity index (χ0) is 17.0. The summed E-state index contributed by atoms with van der Waals surface area (Å²) in [7, 11) is 1.63. The summed E-state index contributed by atoms with van der Waals surface area (Å²) < 4.78 is 26.3. The van der Waals surface area contributed by atoms with Crippen LogP contribution in [0.15, 0.2) is 48.5 Å². The number of nitrogens with two attached hydrogens (primary N) is 1. The number of rotatable bonds is 5. The molecule has 0 saturated heterocycles. The van der Waals surface area contributed by atoms with Gasteiger partial charge in [0.1, 0.15) is 0 Å². The molecule has 0 saturated carbocycles. The van der Waals surface area contributed by atoms with E-state index in [4.69, 9.17) is 5.73 Å². The summed E-state index contributed by atoms with van der Waals surface area (Å²) in [5.41, 5.74) is 7.48. The third kappa shape index (κ3) is 4.13. The van der Waals surface area contributed by atoms with Crippen LogP contribution in [-0.2, 0) is 4.79 Å². The first kappa shape index (κ1) is 17.1. The van der Waals surface area contributed by atoms with E-state index in [1.54, 1.807) is 14.0 Å². The Morgan fingerprint density at radius 3 is 2.35 bits per heavy atom. The molecule has 0 spiro atoms. The average Bonchev–Trinajstić information content (AvgIpc) is 2.56. The first-order chi connectivity index (χ1) is 10.9. The minimum atomic E-state index is -0.920. The Bertz CT molecular complexity index is 676. The molecule has 0 heterocycles. The monoisotopic (exact) mass is 318 g/mol. The molecule has 0 bridgehead atoms. The van der Waals surface area contributed by atoms with E-state index in [9.17, 15) is 13.6 Å². The van der Waals surface area contributed by atoms with Gasteiger partial charge in [-0.05, 0) is 30.2 Å². The normalized spacial score (nSPS) is 13.4. The summed E-state index contributed by atoms with van der Waals surface area (Å²) in [6, 6.07) is 12.2. The lowest BCUT2D eigenvalue weighted by Crippen LogP contribution is -2.32. The van der Waals surface area contributed by atoms with E-state index in [1.165, 1.54) is 11.0 Å². The smallest absolute Gasteiger partial charge is 0.224 e. The minimum absolute atomic E-state index is 0.147. The lowest BCUT2D eigenvalue weighted by atomic mass is 10.0. The Morgan fingerprint density at radius 1 is 1.09 bits per heavy atom. The summed E-state index contributed by atoms with van der Waals surface area (Å²) in [5.74, 6) is -1.98. The van der Waals surface area contributed by atoms with Gasteiger partial charge in [0.2, 0.25) is 5.91 Å². The number of benzene rings is 2.